The van der Waals surface area contributed by atoms with E-state index in [1.165, 1.54) is 49.6 Å². The van der Waals surface area contributed by atoms with E-state index in [4.69, 9.17) is 18.3 Å². The molecule has 0 aliphatic carbocycles. The Kier molecular flexibility index (Phi) is 5.13. The Hall–Kier alpha value is -4.86. The molecule has 2 aromatic carbocycles. The number of rotatable bonds is 4. The number of phenols is 3. The fourth-order valence-corrected chi connectivity index (χ4v) is 4.09. The maximum Gasteiger partial charge on any atom is 0.344 e. The van der Waals surface area contributed by atoms with Crippen LogP contribution in [0, 0.1) is 0 Å². The number of phenolic OH excluding ortho intramolecular Hbond substituents is 3. The van der Waals surface area contributed by atoms with Crippen molar-refractivity contribution in [1.82, 2.24) is 0 Å². The van der Waals surface area contributed by atoms with E-state index in [0.29, 0.717) is 11.1 Å². The lowest BCUT2D eigenvalue weighted by Crippen LogP contribution is -2.17. The Bertz CT molecular complexity index is 1570. The number of benzene rings is 2. The predicted molar refractivity (Wildman–Crippen MR) is 120 cm³/mol. The Morgan fingerprint density at radius 2 is 1.60 bits per heavy atom. The average Bonchev–Trinajstić information content (AvgIpc) is 3.21. The Balaban J connectivity index is 1.70. The summed E-state index contributed by atoms with van der Waals surface area (Å²) in [5, 5.41) is 39.4. The first kappa shape index (κ1) is 22.0. The number of aromatic hydroxyl groups is 4. The standard InChI is InChI=1S/C25H18O10/c1-32-18-7-12(3-5-15(18)28)24-22(19-8-13(26)9-21(30)33-19)23-20(34-24)10-17(35-25(23)31)11-2-4-14(27)16(29)6-11/h2-10,22,24,26-29H,1H3/t22-,24-/m0/s1. The van der Waals surface area contributed by atoms with Crippen LogP contribution in [-0.4, -0.2) is 27.5 Å². The molecule has 0 unspecified atom stereocenters. The highest BCUT2D eigenvalue weighted by atomic mass is 16.5. The van der Waals surface area contributed by atoms with E-state index in [0.717, 1.165) is 6.07 Å². The lowest BCUT2D eigenvalue weighted by molar-refractivity contribution is 0.208. The van der Waals surface area contributed by atoms with Gasteiger partial charge in [-0.3, -0.25) is 0 Å². The van der Waals surface area contributed by atoms with Crippen LogP contribution in [0.15, 0.2) is 73.0 Å². The second-order valence-corrected chi connectivity index (χ2v) is 7.86. The second kappa shape index (κ2) is 8.17. The molecule has 3 heterocycles. The van der Waals surface area contributed by atoms with E-state index >= 15 is 0 Å². The van der Waals surface area contributed by atoms with Crippen molar-refractivity contribution in [2.75, 3.05) is 7.11 Å². The lowest BCUT2D eigenvalue weighted by atomic mass is 9.89. The van der Waals surface area contributed by atoms with Crippen molar-refractivity contribution in [3.8, 4) is 45.8 Å². The molecule has 2 atom stereocenters. The van der Waals surface area contributed by atoms with E-state index in [2.05, 4.69) is 0 Å². The van der Waals surface area contributed by atoms with Crippen molar-refractivity contribution in [3.63, 3.8) is 0 Å². The minimum Gasteiger partial charge on any atom is -0.508 e. The molecule has 1 aliphatic rings. The van der Waals surface area contributed by atoms with Crippen molar-refractivity contribution in [1.29, 1.82) is 0 Å². The van der Waals surface area contributed by atoms with Gasteiger partial charge in [-0.2, -0.15) is 0 Å². The first-order valence-electron chi connectivity index (χ1n) is 10.3. The number of hydrogen-bond acceptors (Lipinski definition) is 10. The molecule has 0 radical (unpaired) electrons. The van der Waals surface area contributed by atoms with E-state index in [-0.39, 0.29) is 45.8 Å². The van der Waals surface area contributed by atoms with Gasteiger partial charge in [-0.1, -0.05) is 6.07 Å². The molecule has 5 rings (SSSR count). The molecule has 10 nitrogen and oxygen atoms in total. The summed E-state index contributed by atoms with van der Waals surface area (Å²) in [6.45, 7) is 0. The summed E-state index contributed by atoms with van der Waals surface area (Å²) < 4.78 is 22.1. The summed E-state index contributed by atoms with van der Waals surface area (Å²) in [4.78, 5) is 25.1. The number of fused-ring (bicyclic) bond motifs is 1. The zero-order valence-electron chi connectivity index (χ0n) is 18.1. The molecule has 0 saturated heterocycles. The maximum absolute atomic E-state index is 13.2. The largest absolute Gasteiger partial charge is 0.508 e. The van der Waals surface area contributed by atoms with E-state index < -0.39 is 29.0 Å². The molecule has 10 heteroatoms. The van der Waals surface area contributed by atoms with Crippen LogP contribution in [0.3, 0.4) is 0 Å². The van der Waals surface area contributed by atoms with Crippen molar-refractivity contribution >= 4 is 0 Å². The van der Waals surface area contributed by atoms with Crippen LogP contribution >= 0.6 is 0 Å². The van der Waals surface area contributed by atoms with Gasteiger partial charge in [-0.15, -0.1) is 0 Å². The summed E-state index contributed by atoms with van der Waals surface area (Å²) >= 11 is 0. The van der Waals surface area contributed by atoms with Crippen LogP contribution < -0.4 is 20.7 Å². The van der Waals surface area contributed by atoms with Crippen LogP contribution in [0.4, 0.5) is 0 Å². The van der Waals surface area contributed by atoms with Crippen LogP contribution in [-0.2, 0) is 0 Å². The summed E-state index contributed by atoms with van der Waals surface area (Å²) in [6.07, 6.45) is -0.921. The van der Waals surface area contributed by atoms with Crippen LogP contribution in [0.2, 0.25) is 0 Å². The molecule has 0 fully saturated rings. The molecular formula is C25H18O10. The monoisotopic (exact) mass is 478 g/mol. The smallest absolute Gasteiger partial charge is 0.344 e. The summed E-state index contributed by atoms with van der Waals surface area (Å²) in [7, 11) is 1.38. The van der Waals surface area contributed by atoms with Gasteiger partial charge in [0.2, 0.25) is 0 Å². The average molecular weight is 478 g/mol. The van der Waals surface area contributed by atoms with Gasteiger partial charge >= 0.3 is 11.3 Å². The summed E-state index contributed by atoms with van der Waals surface area (Å²) in [6, 6.07) is 11.9. The fourth-order valence-electron chi connectivity index (χ4n) is 4.09. The first-order valence-corrected chi connectivity index (χ1v) is 10.3. The molecule has 178 valence electrons. The van der Waals surface area contributed by atoms with Gasteiger partial charge < -0.3 is 38.7 Å². The molecule has 2 aromatic heterocycles. The summed E-state index contributed by atoms with van der Waals surface area (Å²) in [5.74, 6) is -1.89. The van der Waals surface area contributed by atoms with Gasteiger partial charge in [0.25, 0.3) is 0 Å². The topological polar surface area (TPSA) is 160 Å². The van der Waals surface area contributed by atoms with Gasteiger partial charge in [0, 0.05) is 17.7 Å². The van der Waals surface area contributed by atoms with Crippen LogP contribution in [0.25, 0.3) is 11.3 Å². The van der Waals surface area contributed by atoms with Gasteiger partial charge in [-0.05, 0) is 35.9 Å². The lowest BCUT2D eigenvalue weighted by Gasteiger charge is -2.19. The number of ether oxygens (including phenoxy) is 2. The number of methoxy groups -OCH3 is 1. The van der Waals surface area contributed by atoms with Gasteiger partial charge in [0.1, 0.15) is 29.1 Å². The third kappa shape index (κ3) is 3.80. The molecule has 35 heavy (non-hydrogen) atoms. The molecule has 0 saturated carbocycles. The molecule has 4 aromatic rings. The van der Waals surface area contributed by atoms with Crippen molar-refractivity contribution in [3.05, 3.63) is 92.3 Å². The Morgan fingerprint density at radius 3 is 2.31 bits per heavy atom. The van der Waals surface area contributed by atoms with Gasteiger partial charge in [0.15, 0.2) is 23.0 Å². The molecule has 4 N–H and O–H groups in total. The summed E-state index contributed by atoms with van der Waals surface area (Å²) in [5.41, 5.74) is -0.790. The van der Waals surface area contributed by atoms with Crippen LogP contribution in [0.1, 0.15) is 28.9 Å². The SMILES string of the molecule is COc1cc([C@@H]2Oc3cc(-c4ccc(O)c(O)c4)oc(=O)c3[C@@H]2c2cc(O)cc(=O)o2)ccc1O. The highest BCUT2D eigenvalue weighted by Crippen LogP contribution is 2.50. The van der Waals surface area contributed by atoms with Gasteiger partial charge in [-0.25, -0.2) is 9.59 Å². The molecule has 0 amide bonds. The minimum atomic E-state index is -0.988. The van der Waals surface area contributed by atoms with Crippen molar-refractivity contribution in [2.45, 2.75) is 12.0 Å². The quantitative estimate of drug-likeness (QED) is 0.320. The zero-order chi connectivity index (χ0) is 24.9. The van der Waals surface area contributed by atoms with E-state index in [1.807, 2.05) is 0 Å². The Morgan fingerprint density at radius 1 is 0.829 bits per heavy atom. The molecule has 0 spiro atoms. The van der Waals surface area contributed by atoms with E-state index in [1.54, 1.807) is 6.07 Å². The Labute approximate surface area is 196 Å². The van der Waals surface area contributed by atoms with Crippen molar-refractivity contribution in [2.24, 2.45) is 0 Å². The van der Waals surface area contributed by atoms with Crippen molar-refractivity contribution < 1.29 is 38.7 Å². The predicted octanol–water partition coefficient (Wildman–Crippen LogP) is 3.36. The van der Waals surface area contributed by atoms with Crippen LogP contribution in [0.5, 0.6) is 34.5 Å². The highest BCUT2D eigenvalue weighted by molar-refractivity contribution is 5.64. The fraction of sp³-hybridized carbons (Fsp3) is 0.120. The first-order chi connectivity index (χ1) is 16.7. The molecule has 0 bridgehead atoms. The molecular weight excluding hydrogens is 460 g/mol. The number of hydrogen-bond donors (Lipinski definition) is 4. The third-order valence-corrected chi connectivity index (χ3v) is 5.69. The minimum absolute atomic E-state index is 0.0341. The highest BCUT2D eigenvalue weighted by Gasteiger charge is 2.42. The van der Waals surface area contributed by atoms with E-state index in [9.17, 15) is 30.0 Å². The zero-order valence-corrected chi connectivity index (χ0v) is 18.1. The molecule has 1 aliphatic heterocycles. The maximum atomic E-state index is 13.2. The normalized spacial score (nSPS) is 16.5. The second-order valence-electron chi connectivity index (χ2n) is 7.86. The third-order valence-electron chi connectivity index (χ3n) is 5.69. The van der Waals surface area contributed by atoms with Gasteiger partial charge in [0.05, 0.1) is 24.7 Å².